The summed E-state index contributed by atoms with van der Waals surface area (Å²) in [7, 11) is -1.35. The van der Waals surface area contributed by atoms with Crippen molar-refractivity contribution in [3.8, 4) is 39.5 Å². The minimum atomic E-state index is -1.35. The molecule has 0 bridgehead atoms. The number of fused-ring (bicyclic) bond motifs is 4. The van der Waals surface area contributed by atoms with E-state index < -0.39 is 8.07 Å². The number of hydrogen-bond donors (Lipinski definition) is 0. The molecule has 1 radical (unpaired) electrons. The van der Waals surface area contributed by atoms with Crippen LogP contribution in [0.15, 0.2) is 132 Å². The molecule has 9 aromatic rings. The Labute approximate surface area is 363 Å². The van der Waals surface area contributed by atoms with Gasteiger partial charge in [0.2, 0.25) is 5.71 Å². The first-order valence-electron chi connectivity index (χ1n) is 20.3. The van der Waals surface area contributed by atoms with E-state index in [1.54, 1.807) is 0 Å². The fourth-order valence-electron chi connectivity index (χ4n) is 7.97. The predicted octanol–water partition coefficient (Wildman–Crippen LogP) is 13.1. The molecule has 4 heterocycles. The molecule has 0 N–H and O–H groups in total. The van der Waals surface area contributed by atoms with E-state index in [1.165, 1.54) is 39.4 Å². The molecule has 0 saturated heterocycles. The molecule has 59 heavy (non-hydrogen) atoms. The number of para-hydroxylation sites is 2. The maximum atomic E-state index is 6.35. The second kappa shape index (κ2) is 17.4. The summed E-state index contributed by atoms with van der Waals surface area (Å²) in [5.41, 5.74) is 14.6. The minimum Gasteiger partial charge on any atom is -0.486 e. The molecule has 0 aliphatic rings. The van der Waals surface area contributed by atoms with Crippen molar-refractivity contribution in [3.63, 3.8) is 0 Å². The molecule has 0 saturated carbocycles. The Balaban J connectivity index is 0.000000206. The van der Waals surface area contributed by atoms with Crippen LogP contribution < -0.4 is 5.19 Å². The zero-order valence-corrected chi connectivity index (χ0v) is 38.5. The van der Waals surface area contributed by atoms with Crippen molar-refractivity contribution >= 4 is 46.4 Å². The molecule has 7 heteroatoms. The van der Waals surface area contributed by atoms with E-state index in [0.29, 0.717) is 5.71 Å². The third kappa shape index (κ3) is 8.51. The number of rotatable bonds is 8. The van der Waals surface area contributed by atoms with Crippen molar-refractivity contribution in [3.05, 3.63) is 162 Å². The van der Waals surface area contributed by atoms with Gasteiger partial charge in [-0.15, -0.1) is 54.1 Å². The number of benzene rings is 5. The van der Waals surface area contributed by atoms with E-state index in [-0.39, 0.29) is 20.1 Å². The molecular weight excluding hydrogens is 917 g/mol. The number of imidazole rings is 1. The maximum absolute atomic E-state index is 6.35. The van der Waals surface area contributed by atoms with E-state index in [9.17, 15) is 0 Å². The van der Waals surface area contributed by atoms with Crippen LogP contribution in [-0.4, -0.2) is 27.6 Å². The van der Waals surface area contributed by atoms with Gasteiger partial charge in [-0.3, -0.25) is 4.98 Å². The summed E-state index contributed by atoms with van der Waals surface area (Å²) in [6.07, 6.45) is 4.50. The molecule has 0 fully saturated rings. The summed E-state index contributed by atoms with van der Waals surface area (Å²) in [4.78, 5) is 14.5. The van der Waals surface area contributed by atoms with Gasteiger partial charge in [-0.1, -0.05) is 105 Å². The normalized spacial score (nSPS) is 12.0. The molecule has 4 aromatic heterocycles. The van der Waals surface area contributed by atoms with Crippen LogP contribution in [-0.2, 0) is 26.5 Å². The van der Waals surface area contributed by atoms with Crippen molar-refractivity contribution in [2.45, 2.75) is 67.1 Å². The monoisotopic (exact) mass is 967 g/mol. The fraction of sp³-hybridized carbons (Fsp3) is 0.212. The quantitative estimate of drug-likeness (QED) is 0.112. The Bertz CT molecular complexity index is 2870. The van der Waals surface area contributed by atoms with Gasteiger partial charge in [0, 0.05) is 43.1 Å². The van der Waals surface area contributed by atoms with Gasteiger partial charge < -0.3 is 14.0 Å². The van der Waals surface area contributed by atoms with Gasteiger partial charge in [-0.2, -0.15) is 0 Å². The van der Waals surface area contributed by atoms with Gasteiger partial charge in [0.1, 0.15) is 0 Å². The topological polar surface area (TPSA) is 56.7 Å². The second-order valence-corrected chi connectivity index (χ2v) is 21.6. The second-order valence-electron chi connectivity index (χ2n) is 16.6. The third-order valence-electron chi connectivity index (χ3n) is 11.1. The molecule has 299 valence electrons. The van der Waals surface area contributed by atoms with Crippen molar-refractivity contribution < 1.29 is 24.5 Å². The van der Waals surface area contributed by atoms with E-state index >= 15 is 0 Å². The van der Waals surface area contributed by atoms with E-state index in [4.69, 9.17) is 14.4 Å². The molecule has 9 rings (SSSR count). The molecule has 0 aliphatic heterocycles. The molecule has 5 aromatic carbocycles. The van der Waals surface area contributed by atoms with E-state index in [1.807, 2.05) is 55.5 Å². The summed E-state index contributed by atoms with van der Waals surface area (Å²) in [6, 6.07) is 48.5. The third-order valence-corrected chi connectivity index (χ3v) is 13.2. The van der Waals surface area contributed by atoms with Gasteiger partial charge in [0.25, 0.3) is 0 Å². The first-order chi connectivity index (χ1) is 28.0. The average molecular weight is 967 g/mol. The Kier molecular flexibility index (Phi) is 12.3. The predicted molar refractivity (Wildman–Crippen MR) is 245 cm³/mol. The maximum Gasteiger partial charge on any atom is 0.216 e. The van der Waals surface area contributed by atoms with Crippen molar-refractivity contribution in [2.75, 3.05) is 0 Å². The number of nitrogens with zero attached hydrogens (tertiary/aromatic N) is 4. The SMILES string of the molecule is CCC(C)Cc1cc(-c2[c-]cccc2)ncc1[Si](C)(C)C.Cc1ccc2c(n1)oc1c(-c3nc4ccccc4n3-c3c(C)cc(-c4ccccc4)cc3C)[c-]ccc12.[Ir]. The first-order valence-corrected chi connectivity index (χ1v) is 23.8. The Morgan fingerprint density at radius 1 is 0.746 bits per heavy atom. The summed E-state index contributed by atoms with van der Waals surface area (Å²) in [5.74, 6) is 1.52. The summed E-state index contributed by atoms with van der Waals surface area (Å²) in [5, 5.41) is 3.52. The van der Waals surface area contributed by atoms with Crippen LogP contribution in [0.2, 0.25) is 19.6 Å². The van der Waals surface area contributed by atoms with Crippen molar-refractivity contribution in [1.29, 1.82) is 0 Å². The van der Waals surface area contributed by atoms with Crippen LogP contribution in [0.3, 0.4) is 0 Å². The molecule has 0 aliphatic carbocycles. The number of pyridine rings is 2. The molecule has 0 amide bonds. The number of aromatic nitrogens is 4. The smallest absolute Gasteiger partial charge is 0.216 e. The fourth-order valence-corrected chi connectivity index (χ4v) is 9.56. The summed E-state index contributed by atoms with van der Waals surface area (Å²) < 4.78 is 8.60. The van der Waals surface area contributed by atoms with E-state index in [2.05, 4.69) is 148 Å². The van der Waals surface area contributed by atoms with Crippen LogP contribution in [0.1, 0.15) is 42.7 Å². The number of hydrogen-bond acceptors (Lipinski definition) is 4. The molecule has 1 unspecified atom stereocenters. The Morgan fingerprint density at radius 2 is 1.47 bits per heavy atom. The largest absolute Gasteiger partial charge is 0.486 e. The standard InChI is InChI=1S/C33H24N3O.C19H26NSi.Ir/c1-20-18-24(23-10-5-4-6-11-23)19-21(2)30(20)36-29-15-8-7-14-28(29)35-32(36)27-13-9-12-25-26-17-16-22(3)34-33(26)37-31(25)27;1-6-15(2)12-17-13-18(16-10-8-7-9-11-16)20-14-19(17)21(3,4)5;/h4-12,14-19H,1-3H3;7-10,13-15H,6,12H2,1-5H3;/q2*-1;. The molecular formula is C52H50IrN4OSi-2. The van der Waals surface area contributed by atoms with Crippen LogP contribution in [0.25, 0.3) is 72.6 Å². The zero-order valence-electron chi connectivity index (χ0n) is 35.1. The molecule has 5 nitrogen and oxygen atoms in total. The van der Waals surface area contributed by atoms with Crippen molar-refractivity contribution in [1.82, 2.24) is 19.5 Å². The van der Waals surface area contributed by atoms with Crippen molar-refractivity contribution in [2.24, 2.45) is 5.92 Å². The first kappa shape index (κ1) is 41.7. The van der Waals surface area contributed by atoms with Gasteiger partial charge in [0.05, 0.1) is 30.5 Å². The van der Waals surface area contributed by atoms with Gasteiger partial charge >= 0.3 is 0 Å². The summed E-state index contributed by atoms with van der Waals surface area (Å²) >= 11 is 0. The number of furan rings is 1. The number of aryl methyl sites for hydroxylation is 3. The Hall–Kier alpha value is -5.46. The molecule has 1 atom stereocenters. The minimum absolute atomic E-state index is 0. The van der Waals surface area contributed by atoms with Crippen LogP contribution in [0.4, 0.5) is 0 Å². The zero-order chi connectivity index (χ0) is 40.6. The van der Waals surface area contributed by atoms with Crippen LogP contribution in [0.5, 0.6) is 0 Å². The average Bonchev–Trinajstić information content (AvgIpc) is 3.79. The van der Waals surface area contributed by atoms with Gasteiger partial charge in [0.15, 0.2) is 0 Å². The Morgan fingerprint density at radius 3 is 2.19 bits per heavy atom. The van der Waals surface area contributed by atoms with Gasteiger partial charge in [-0.25, -0.2) is 4.98 Å². The van der Waals surface area contributed by atoms with Gasteiger partial charge in [-0.05, 0) is 103 Å². The summed E-state index contributed by atoms with van der Waals surface area (Å²) in [6.45, 7) is 18.1. The molecule has 0 spiro atoms. The van der Waals surface area contributed by atoms with Crippen LogP contribution >= 0.6 is 0 Å². The van der Waals surface area contributed by atoms with E-state index in [0.717, 1.165) is 73.8 Å². The van der Waals surface area contributed by atoms with Crippen LogP contribution in [0, 0.1) is 38.8 Å².